The van der Waals surface area contributed by atoms with E-state index in [9.17, 15) is 15.3 Å². The second kappa shape index (κ2) is 25.9. The molecule has 9 saturated carbocycles. The molecule has 0 aliphatic heterocycles. The number of allylic oxidation sites excluding steroid dienone is 3. The maximum atomic E-state index is 17.7. The van der Waals surface area contributed by atoms with Crippen LogP contribution in [0.5, 0.6) is 0 Å². The van der Waals surface area contributed by atoms with Crippen molar-refractivity contribution in [1.29, 1.82) is 0 Å². The lowest BCUT2D eigenvalue weighted by molar-refractivity contribution is -0.142. The Balaban J connectivity index is 0.884. The van der Waals surface area contributed by atoms with E-state index in [4.69, 9.17) is 13.6 Å². The van der Waals surface area contributed by atoms with E-state index in [2.05, 4.69) is 122 Å². The van der Waals surface area contributed by atoms with E-state index >= 15 is 4.57 Å². The van der Waals surface area contributed by atoms with Gasteiger partial charge in [0.1, 0.15) is 0 Å². The van der Waals surface area contributed by atoms with Crippen molar-refractivity contribution in [3.8, 4) is 0 Å². The van der Waals surface area contributed by atoms with Gasteiger partial charge in [0.15, 0.2) is 0 Å². The Hall–Kier alpha value is -0.790. The summed E-state index contributed by atoms with van der Waals surface area (Å²) >= 11 is 0. The Morgan fingerprint density at radius 2 is 0.674 bits per heavy atom. The highest BCUT2D eigenvalue weighted by molar-refractivity contribution is 7.48. The molecule has 8 heteroatoms. The molecule has 0 aromatic heterocycles. The number of aliphatic hydroxyl groups excluding tert-OH is 3. The molecule has 3 unspecified atom stereocenters. The van der Waals surface area contributed by atoms with Crippen molar-refractivity contribution in [3.05, 3.63) is 34.9 Å². The maximum absolute atomic E-state index is 17.7. The molecule has 0 radical (unpaired) electrons. The van der Waals surface area contributed by atoms with Crippen LogP contribution in [0.25, 0.3) is 0 Å². The van der Waals surface area contributed by atoms with E-state index in [1.807, 2.05) is 0 Å². The Morgan fingerprint density at radius 3 is 0.933 bits per heavy atom. The highest BCUT2D eigenvalue weighted by Crippen LogP contribution is 2.75. The zero-order chi connectivity index (χ0) is 63.5. The molecule has 27 atom stereocenters. The third-order valence-electron chi connectivity index (χ3n) is 31.8. The molecule has 3 N–H and O–H groups in total. The van der Waals surface area contributed by atoms with E-state index in [0.717, 1.165) is 91.8 Å². The summed E-state index contributed by atoms with van der Waals surface area (Å²) in [5, 5.41) is 36.7. The first kappa shape index (κ1) is 68.2. The van der Waals surface area contributed by atoms with Gasteiger partial charge in [-0.2, -0.15) is 0 Å². The summed E-state index contributed by atoms with van der Waals surface area (Å²) in [5.41, 5.74) is 3.40. The lowest BCUT2D eigenvalue weighted by Crippen LogP contribution is -2.58. The molecule has 0 aromatic rings. The highest BCUT2D eigenvalue weighted by Gasteiger charge is 2.67. The van der Waals surface area contributed by atoms with Gasteiger partial charge in [0.2, 0.25) is 0 Å². The molecule has 0 saturated heterocycles. The van der Waals surface area contributed by atoms with Crippen molar-refractivity contribution in [3.63, 3.8) is 0 Å². The first-order valence-corrected chi connectivity index (χ1v) is 40.3. The molecule has 7 nitrogen and oxygen atoms in total. The van der Waals surface area contributed by atoms with Crippen LogP contribution in [0.2, 0.25) is 0 Å². The summed E-state index contributed by atoms with van der Waals surface area (Å²) in [4.78, 5) is 0. The van der Waals surface area contributed by atoms with Crippen molar-refractivity contribution in [1.82, 2.24) is 0 Å². The summed E-state index contributed by atoms with van der Waals surface area (Å²) in [6, 6.07) is 0. The van der Waals surface area contributed by atoms with Crippen LogP contribution in [-0.2, 0) is 18.1 Å². The Kier molecular flexibility index (Phi) is 19.8. The topological polar surface area (TPSA) is 105 Å². The van der Waals surface area contributed by atoms with Gasteiger partial charge in [0.05, 0.1) is 36.6 Å². The minimum absolute atomic E-state index is 0.302. The largest absolute Gasteiger partial charge is 0.475 e. The Morgan fingerprint density at radius 1 is 0.404 bits per heavy atom. The van der Waals surface area contributed by atoms with Crippen molar-refractivity contribution in [2.24, 2.45) is 139 Å². The van der Waals surface area contributed by atoms with Gasteiger partial charge in [0.25, 0.3) is 0 Å². The first-order valence-electron chi connectivity index (χ1n) is 38.9. The van der Waals surface area contributed by atoms with Crippen LogP contribution in [0.3, 0.4) is 0 Å². The van der Waals surface area contributed by atoms with Gasteiger partial charge in [0, 0.05) is 35.5 Å². The third-order valence-corrected chi connectivity index (χ3v) is 33.3. The molecular formula is C81H135O7P. The average Bonchev–Trinajstić information content (AvgIpc) is 1.69. The van der Waals surface area contributed by atoms with Crippen LogP contribution in [0.4, 0.5) is 0 Å². The minimum atomic E-state index is -4.61. The molecule has 0 aromatic carbocycles. The minimum Gasteiger partial charge on any atom is -0.393 e. The number of phosphoric acid groups is 1. The number of rotatable bonds is 21. The molecule has 506 valence electrons. The van der Waals surface area contributed by atoms with Gasteiger partial charge in [-0.25, -0.2) is 4.57 Å². The standard InChI is InChI=1S/C81H135O7P/c1-49(2)19-16-22-52(7)64-31-34-67-61-28-25-55-43-58(82)46-73(79(55,13)70(61)37-40-76(64,67)10)86-89(85,87-74-47-59(83)44-56-26-29-62-68-35-32-65(53(8)23-17-20-50(3)4)77(68,11)41-38-71(62)80(56,74)14)88-75-48-60(84)45-57-27-30-63-69-36-33-66(54(9)24-18-21-51(5)6)78(69,12)42-39-72(63)81(57,75)15/h25-27,49-54,58-75,82-84H,16-24,28-48H2,1-15H3/t52-,53-,54-,58+,59+,60+,61+,62+,63+,64-,65-,66-,67+,68+,69+,70+,71+,72+,73?,74?,75?,76-,77-,78-,79+,80+,81+,89?/m1/s1. The Labute approximate surface area is 545 Å². The second-order valence-electron chi connectivity index (χ2n) is 37.5. The fourth-order valence-corrected chi connectivity index (χ4v) is 29.1. The summed E-state index contributed by atoms with van der Waals surface area (Å²) in [7, 11) is -4.61. The fourth-order valence-electron chi connectivity index (χ4n) is 27.1. The van der Waals surface area contributed by atoms with Crippen LogP contribution < -0.4 is 0 Å². The summed E-state index contributed by atoms with van der Waals surface area (Å²) in [5.74, 6) is 11.0. The van der Waals surface area contributed by atoms with Crippen LogP contribution in [-0.4, -0.2) is 51.9 Å². The molecule has 89 heavy (non-hydrogen) atoms. The van der Waals surface area contributed by atoms with Gasteiger partial charge in [-0.15, -0.1) is 0 Å². The summed E-state index contributed by atoms with van der Waals surface area (Å²) in [6.45, 7) is 37.3. The monoisotopic (exact) mass is 1250 g/mol. The van der Waals surface area contributed by atoms with Crippen molar-refractivity contribution in [2.75, 3.05) is 0 Å². The van der Waals surface area contributed by atoms with Crippen LogP contribution in [0.1, 0.15) is 296 Å². The number of phosphoric ester groups is 1. The van der Waals surface area contributed by atoms with Gasteiger partial charge in [-0.1, -0.05) is 197 Å². The number of hydrogen-bond acceptors (Lipinski definition) is 7. The summed E-state index contributed by atoms with van der Waals surface area (Å²) in [6.07, 6.45) is 36.9. The predicted molar refractivity (Wildman–Crippen MR) is 366 cm³/mol. The zero-order valence-electron chi connectivity index (χ0n) is 59.7. The van der Waals surface area contributed by atoms with Crippen LogP contribution >= 0.6 is 7.82 Å². The zero-order valence-corrected chi connectivity index (χ0v) is 60.6. The fraction of sp³-hybridized carbons (Fsp3) is 0.926. The van der Waals surface area contributed by atoms with Gasteiger partial charge in [-0.3, -0.25) is 13.6 Å². The van der Waals surface area contributed by atoms with E-state index in [1.54, 1.807) is 0 Å². The first-order chi connectivity index (χ1) is 42.1. The van der Waals surface area contributed by atoms with Crippen molar-refractivity contribution in [2.45, 2.75) is 333 Å². The van der Waals surface area contributed by atoms with Gasteiger partial charge < -0.3 is 15.3 Å². The van der Waals surface area contributed by atoms with Crippen molar-refractivity contribution >= 4 is 7.82 Å². The molecule has 12 aliphatic carbocycles. The molecule has 12 aliphatic rings. The van der Waals surface area contributed by atoms with Gasteiger partial charge in [-0.05, 0) is 238 Å². The summed E-state index contributed by atoms with van der Waals surface area (Å²) < 4.78 is 41.1. The Bertz CT molecular complexity index is 2350. The normalized spacial score (nSPS) is 48.3. The smallest absolute Gasteiger partial charge is 0.393 e. The lowest BCUT2D eigenvalue weighted by Gasteiger charge is -2.61. The molecule has 0 spiro atoms. The lowest BCUT2D eigenvalue weighted by atomic mass is 9.46. The maximum Gasteiger partial charge on any atom is 0.475 e. The highest BCUT2D eigenvalue weighted by atomic mass is 31.2. The third kappa shape index (κ3) is 11.9. The molecule has 12 rings (SSSR count). The van der Waals surface area contributed by atoms with Crippen LogP contribution in [0.15, 0.2) is 34.9 Å². The van der Waals surface area contributed by atoms with Crippen molar-refractivity contribution < 1.29 is 33.5 Å². The SMILES string of the molecule is CC(C)CCC[C@@H](C)[C@H]1CC[C@H]2[C@@H]3CC=C4C[C@H](O)CC(OP(=O)(OC5C[C@@H](O)CC6=CC[C@H]7[C@@H]8CC[C@H]([C@H](C)CCCC(C)C)[C@@]8(C)CC[C@@H]7[C@]65C)OC5C[C@@H](O)CC6=CC[C@H]7[C@@H]8CC[C@H]([C@H](C)CCCC(C)C)[C@@]8(C)CC[C@@H]7[C@]65C)[C@]4(C)[C@H]3CC[C@]12C. The quantitative estimate of drug-likeness (QED) is 0.0777. The number of fused-ring (bicyclic) bond motifs is 15. The van der Waals surface area contributed by atoms with E-state index < -0.39 is 60.7 Å². The number of hydrogen-bond donors (Lipinski definition) is 3. The van der Waals surface area contributed by atoms with E-state index in [1.165, 1.54) is 132 Å². The van der Waals surface area contributed by atoms with E-state index in [0.29, 0.717) is 108 Å². The van der Waals surface area contributed by atoms with E-state index in [-0.39, 0.29) is 0 Å². The molecule has 0 heterocycles. The molecular weight excluding hydrogens is 1120 g/mol. The van der Waals surface area contributed by atoms with Crippen LogP contribution in [0, 0.1) is 139 Å². The molecule has 0 amide bonds. The second-order valence-corrected chi connectivity index (χ2v) is 39.0. The molecule has 0 bridgehead atoms. The average molecular weight is 1250 g/mol. The molecule has 9 fully saturated rings. The predicted octanol–water partition coefficient (Wildman–Crippen LogP) is 21.3. The number of aliphatic hydroxyl groups is 3. The van der Waals surface area contributed by atoms with Gasteiger partial charge >= 0.3 is 7.82 Å².